The molecule has 0 bridgehead atoms. The molecule has 80 valence electrons. The van der Waals surface area contributed by atoms with Crippen molar-refractivity contribution in [3.63, 3.8) is 0 Å². The number of allylic oxidation sites excluding steroid dienone is 3. The fourth-order valence-corrected chi connectivity index (χ4v) is 1.27. The number of hydrogen-bond acceptors (Lipinski definition) is 0. The number of rotatable bonds is 4. The van der Waals surface area contributed by atoms with Gasteiger partial charge in [-0.25, -0.2) is 4.39 Å². The van der Waals surface area contributed by atoms with Crippen LogP contribution in [0.1, 0.15) is 25.3 Å². The van der Waals surface area contributed by atoms with Crippen molar-refractivity contribution in [2.45, 2.75) is 19.8 Å². The van der Waals surface area contributed by atoms with Crippen LogP contribution in [-0.2, 0) is 0 Å². The molecular formula is C13H14ClF. The normalized spacial score (nSPS) is 12.3. The van der Waals surface area contributed by atoms with Crippen LogP contribution >= 0.6 is 11.6 Å². The van der Waals surface area contributed by atoms with E-state index in [1.807, 2.05) is 18.2 Å². The summed E-state index contributed by atoms with van der Waals surface area (Å²) in [5.41, 5.74) is 0.944. The molecule has 1 rings (SSSR count). The van der Waals surface area contributed by atoms with Crippen LogP contribution in [0.5, 0.6) is 0 Å². The monoisotopic (exact) mass is 224 g/mol. The summed E-state index contributed by atoms with van der Waals surface area (Å²) in [6, 6.07) is 6.30. The Morgan fingerprint density at radius 2 is 2.00 bits per heavy atom. The Labute approximate surface area is 95.1 Å². The van der Waals surface area contributed by atoms with Crippen LogP contribution in [-0.4, -0.2) is 0 Å². The Morgan fingerprint density at radius 3 is 2.60 bits per heavy atom. The summed E-state index contributed by atoms with van der Waals surface area (Å²) in [4.78, 5) is 0. The predicted molar refractivity (Wildman–Crippen MR) is 64.3 cm³/mol. The van der Waals surface area contributed by atoms with Crippen molar-refractivity contribution in [1.82, 2.24) is 0 Å². The van der Waals surface area contributed by atoms with Gasteiger partial charge in [-0.05, 0) is 30.2 Å². The highest BCUT2D eigenvalue weighted by atomic mass is 35.5. The van der Waals surface area contributed by atoms with Gasteiger partial charge in [0, 0.05) is 5.03 Å². The van der Waals surface area contributed by atoms with Gasteiger partial charge in [0.15, 0.2) is 0 Å². The number of halogens is 2. The quantitative estimate of drug-likeness (QED) is 0.647. The van der Waals surface area contributed by atoms with Gasteiger partial charge in [0.1, 0.15) is 5.82 Å². The molecule has 0 aliphatic heterocycles. The molecule has 0 aromatic heterocycles. The highest BCUT2D eigenvalue weighted by molar-refractivity contribution is 6.31. The topological polar surface area (TPSA) is 0 Å². The Kier molecular flexibility index (Phi) is 5.13. The lowest BCUT2D eigenvalue weighted by molar-refractivity contribution is 0.628. The molecule has 0 aliphatic rings. The van der Waals surface area contributed by atoms with Gasteiger partial charge in [0.25, 0.3) is 0 Å². The lowest BCUT2D eigenvalue weighted by Crippen LogP contribution is -1.74. The molecule has 0 saturated carbocycles. The maximum atomic E-state index is 12.6. The summed E-state index contributed by atoms with van der Waals surface area (Å²) in [6.45, 7) is 2.10. The van der Waals surface area contributed by atoms with Gasteiger partial charge >= 0.3 is 0 Å². The average Bonchev–Trinajstić information content (AvgIpc) is 2.25. The van der Waals surface area contributed by atoms with E-state index in [1.54, 1.807) is 12.1 Å². The third kappa shape index (κ3) is 4.80. The van der Waals surface area contributed by atoms with E-state index in [0.717, 1.165) is 23.4 Å². The van der Waals surface area contributed by atoms with E-state index in [1.165, 1.54) is 12.1 Å². The minimum absolute atomic E-state index is 0.222. The van der Waals surface area contributed by atoms with Crippen LogP contribution in [0, 0.1) is 5.82 Å². The van der Waals surface area contributed by atoms with Crippen LogP contribution in [0.2, 0.25) is 0 Å². The number of hydrogen-bond donors (Lipinski definition) is 0. The van der Waals surface area contributed by atoms with Crippen molar-refractivity contribution < 1.29 is 4.39 Å². The molecule has 0 spiro atoms. The first-order valence-corrected chi connectivity index (χ1v) is 5.39. The molecule has 0 N–H and O–H groups in total. The molecule has 0 fully saturated rings. The van der Waals surface area contributed by atoms with Crippen LogP contribution in [0.4, 0.5) is 4.39 Å². The van der Waals surface area contributed by atoms with E-state index < -0.39 is 0 Å². The minimum atomic E-state index is -0.222. The Morgan fingerprint density at radius 1 is 1.33 bits per heavy atom. The summed E-state index contributed by atoms with van der Waals surface area (Å²) in [5.74, 6) is -0.222. The van der Waals surface area contributed by atoms with Crippen molar-refractivity contribution in [2.24, 2.45) is 0 Å². The van der Waals surface area contributed by atoms with Crippen LogP contribution in [0.25, 0.3) is 6.08 Å². The van der Waals surface area contributed by atoms with Crippen molar-refractivity contribution >= 4 is 17.7 Å². The first kappa shape index (κ1) is 12.0. The molecule has 0 saturated heterocycles. The van der Waals surface area contributed by atoms with Crippen molar-refractivity contribution in [3.8, 4) is 0 Å². The van der Waals surface area contributed by atoms with E-state index >= 15 is 0 Å². The largest absolute Gasteiger partial charge is 0.207 e. The molecule has 15 heavy (non-hydrogen) atoms. The molecule has 0 amide bonds. The molecule has 0 radical (unpaired) electrons. The minimum Gasteiger partial charge on any atom is -0.207 e. The molecule has 0 unspecified atom stereocenters. The molecule has 0 aliphatic carbocycles. The molecule has 0 heterocycles. The van der Waals surface area contributed by atoms with E-state index in [-0.39, 0.29) is 5.82 Å². The van der Waals surface area contributed by atoms with Crippen LogP contribution in [0.15, 0.2) is 41.4 Å². The molecule has 1 aromatic carbocycles. The smallest absolute Gasteiger partial charge is 0.123 e. The van der Waals surface area contributed by atoms with Gasteiger partial charge in [-0.15, -0.1) is 0 Å². The lowest BCUT2D eigenvalue weighted by Gasteiger charge is -1.93. The Hall–Kier alpha value is -1.08. The average molecular weight is 225 g/mol. The van der Waals surface area contributed by atoms with Crippen molar-refractivity contribution in [2.75, 3.05) is 0 Å². The second-order valence-electron chi connectivity index (χ2n) is 3.26. The molecule has 0 atom stereocenters. The number of unbranched alkanes of at least 4 members (excludes halogenated alkanes) is 1. The van der Waals surface area contributed by atoms with Crippen molar-refractivity contribution in [1.29, 1.82) is 0 Å². The first-order valence-electron chi connectivity index (χ1n) is 5.01. The SMILES string of the molecule is CCC/C=C(Cl)/C=C/c1ccc(F)cc1. The molecule has 1 aromatic rings. The predicted octanol–water partition coefficient (Wildman–Crippen LogP) is 4.76. The van der Waals surface area contributed by atoms with Gasteiger partial charge in [-0.2, -0.15) is 0 Å². The zero-order chi connectivity index (χ0) is 11.1. The molecular weight excluding hydrogens is 211 g/mol. The highest BCUT2D eigenvalue weighted by Crippen LogP contribution is 2.10. The second kappa shape index (κ2) is 6.41. The van der Waals surface area contributed by atoms with Crippen LogP contribution in [0.3, 0.4) is 0 Å². The summed E-state index contributed by atoms with van der Waals surface area (Å²) in [5, 5.41) is 0.723. The lowest BCUT2D eigenvalue weighted by atomic mass is 10.2. The van der Waals surface area contributed by atoms with Gasteiger partial charge in [-0.3, -0.25) is 0 Å². The maximum absolute atomic E-state index is 12.6. The van der Waals surface area contributed by atoms with Gasteiger partial charge in [0.2, 0.25) is 0 Å². The zero-order valence-electron chi connectivity index (χ0n) is 8.71. The third-order valence-corrected chi connectivity index (χ3v) is 2.21. The maximum Gasteiger partial charge on any atom is 0.123 e. The fourth-order valence-electron chi connectivity index (χ4n) is 1.10. The third-order valence-electron chi connectivity index (χ3n) is 1.93. The van der Waals surface area contributed by atoms with Crippen LogP contribution < -0.4 is 0 Å². The second-order valence-corrected chi connectivity index (χ2v) is 3.70. The Balaban J connectivity index is 2.61. The van der Waals surface area contributed by atoms with Crippen molar-refractivity contribution in [3.05, 3.63) is 52.8 Å². The highest BCUT2D eigenvalue weighted by Gasteiger charge is 1.89. The van der Waals surface area contributed by atoms with E-state index in [2.05, 4.69) is 6.92 Å². The standard InChI is InChI=1S/C13H14ClF/c1-2-3-4-12(14)8-5-11-6-9-13(15)10-7-11/h4-10H,2-3H2,1H3/b8-5+,12-4-. The van der Waals surface area contributed by atoms with E-state index in [4.69, 9.17) is 11.6 Å². The Bertz CT molecular complexity index is 349. The van der Waals surface area contributed by atoms with Gasteiger partial charge < -0.3 is 0 Å². The first-order chi connectivity index (χ1) is 7.22. The van der Waals surface area contributed by atoms with E-state index in [9.17, 15) is 4.39 Å². The number of benzene rings is 1. The molecule has 0 nitrogen and oxygen atoms in total. The molecule has 2 heteroatoms. The van der Waals surface area contributed by atoms with E-state index in [0.29, 0.717) is 0 Å². The zero-order valence-corrected chi connectivity index (χ0v) is 9.47. The fraction of sp³-hybridized carbons (Fsp3) is 0.231. The summed E-state index contributed by atoms with van der Waals surface area (Å²) in [7, 11) is 0. The summed E-state index contributed by atoms with van der Waals surface area (Å²) >= 11 is 5.94. The summed E-state index contributed by atoms with van der Waals surface area (Å²) in [6.07, 6.45) is 7.73. The van der Waals surface area contributed by atoms with Gasteiger partial charge in [0.05, 0.1) is 0 Å². The van der Waals surface area contributed by atoms with Gasteiger partial charge in [-0.1, -0.05) is 49.2 Å². The summed E-state index contributed by atoms with van der Waals surface area (Å²) < 4.78 is 12.6.